The number of carbonyl (C=O) groups excluding carboxylic acids is 3. The van der Waals surface area contributed by atoms with Gasteiger partial charge in [0.2, 0.25) is 5.91 Å². The number of aliphatic hydroxyl groups is 1. The second-order valence-electron chi connectivity index (χ2n) is 9.57. The smallest absolute Gasteiger partial charge is 0.403 e. The Morgan fingerprint density at radius 1 is 1.13 bits per heavy atom. The average Bonchev–Trinajstić information content (AvgIpc) is 3.28. The Morgan fingerprint density at radius 2 is 1.87 bits per heavy atom. The van der Waals surface area contributed by atoms with E-state index >= 15 is 0 Å². The van der Waals surface area contributed by atoms with Gasteiger partial charge >= 0.3 is 6.36 Å². The van der Waals surface area contributed by atoms with Crippen molar-refractivity contribution in [1.29, 1.82) is 0 Å². The number of rotatable bonds is 8. The molecule has 1 saturated carbocycles. The van der Waals surface area contributed by atoms with Crippen molar-refractivity contribution in [2.45, 2.75) is 44.3 Å². The molecule has 2 fully saturated rings. The van der Waals surface area contributed by atoms with E-state index in [0.717, 1.165) is 12.1 Å². The van der Waals surface area contributed by atoms with Crippen LogP contribution in [-0.4, -0.2) is 62.4 Å². The lowest BCUT2D eigenvalue weighted by molar-refractivity contribution is -0.275. The van der Waals surface area contributed by atoms with E-state index in [1.165, 1.54) is 15.6 Å². The summed E-state index contributed by atoms with van der Waals surface area (Å²) in [7, 11) is 0. The molecule has 1 aromatic heterocycles. The van der Waals surface area contributed by atoms with Crippen molar-refractivity contribution in [3.05, 3.63) is 59.5 Å². The lowest BCUT2D eigenvalue weighted by atomic mass is 9.94. The van der Waals surface area contributed by atoms with Gasteiger partial charge in [0.15, 0.2) is 23.0 Å². The van der Waals surface area contributed by atoms with Crippen LogP contribution in [-0.2, 0) is 22.6 Å². The molecule has 0 spiro atoms. The summed E-state index contributed by atoms with van der Waals surface area (Å²) in [6, 6.07) is 8.31. The van der Waals surface area contributed by atoms with E-state index in [1.807, 2.05) is 0 Å². The van der Waals surface area contributed by atoms with Gasteiger partial charge in [0, 0.05) is 23.3 Å². The average molecular weight is 534 g/mol. The minimum absolute atomic E-state index is 0.0185. The van der Waals surface area contributed by atoms with Crippen LogP contribution in [0.3, 0.4) is 0 Å². The number of benzene rings is 2. The number of halogens is 4. The first-order chi connectivity index (χ1) is 17.9. The molecular weight excluding hydrogens is 512 g/mol. The maximum absolute atomic E-state index is 14.7. The molecule has 3 atom stereocenters. The molecule has 3 aromatic rings. The third-order valence-electron chi connectivity index (χ3n) is 7.20. The highest BCUT2D eigenvalue weighted by Gasteiger charge is 2.66. The maximum Gasteiger partial charge on any atom is 0.573 e. The maximum atomic E-state index is 14.7. The lowest BCUT2D eigenvalue weighted by Gasteiger charge is -2.27. The Balaban J connectivity index is 1.40. The number of ketones is 1. The van der Waals surface area contributed by atoms with Crippen molar-refractivity contribution < 1.29 is 41.8 Å². The Bertz CT molecular complexity index is 1460. The van der Waals surface area contributed by atoms with E-state index in [4.69, 9.17) is 5.73 Å². The predicted octanol–water partition coefficient (Wildman–Crippen LogP) is 2.34. The number of aromatic nitrogens is 2. The highest BCUT2D eigenvalue weighted by Crippen LogP contribution is 2.59. The van der Waals surface area contributed by atoms with Gasteiger partial charge in [-0.3, -0.25) is 19.1 Å². The minimum Gasteiger partial charge on any atom is -0.403 e. The fraction of sp³-hybridized carbons (Fsp3) is 0.360. The summed E-state index contributed by atoms with van der Waals surface area (Å²) in [5.74, 6) is -4.27. The van der Waals surface area contributed by atoms with Crippen LogP contribution in [0.5, 0.6) is 5.75 Å². The zero-order valence-electron chi connectivity index (χ0n) is 19.7. The molecule has 2 aromatic carbocycles. The molecule has 2 aliphatic rings. The Morgan fingerprint density at radius 3 is 2.55 bits per heavy atom. The number of aliphatic hydroxyl groups excluding tert-OH is 1. The Hall–Kier alpha value is -4.00. The molecule has 1 aliphatic heterocycles. The normalized spacial score (nSPS) is 22.4. The Kier molecular flexibility index (Phi) is 6.13. The molecule has 2 heterocycles. The Labute approximate surface area is 212 Å². The van der Waals surface area contributed by atoms with Crippen LogP contribution in [0.25, 0.3) is 10.9 Å². The van der Waals surface area contributed by atoms with Gasteiger partial charge in [-0.2, -0.15) is 5.10 Å². The lowest BCUT2D eigenvalue weighted by Crippen LogP contribution is -2.45. The number of carbonyl (C=O) groups is 3. The summed E-state index contributed by atoms with van der Waals surface area (Å²) in [4.78, 5) is 39.9. The van der Waals surface area contributed by atoms with Crippen LogP contribution in [0.1, 0.15) is 28.9 Å². The molecule has 2 amide bonds. The van der Waals surface area contributed by atoms with Crippen LogP contribution in [0.2, 0.25) is 0 Å². The van der Waals surface area contributed by atoms with Gasteiger partial charge in [0.1, 0.15) is 6.54 Å². The van der Waals surface area contributed by atoms with Crippen molar-refractivity contribution in [1.82, 2.24) is 14.7 Å². The molecule has 13 heteroatoms. The highest BCUT2D eigenvalue weighted by atomic mass is 19.4. The second-order valence-corrected chi connectivity index (χ2v) is 9.57. The fourth-order valence-corrected chi connectivity index (χ4v) is 5.33. The molecular formula is C25H22F4N4O5. The molecule has 200 valence electrons. The van der Waals surface area contributed by atoms with Crippen molar-refractivity contribution in [2.24, 2.45) is 11.1 Å². The summed E-state index contributed by atoms with van der Waals surface area (Å²) < 4.78 is 57.5. The second kappa shape index (κ2) is 9.08. The molecule has 0 unspecified atom stereocenters. The van der Waals surface area contributed by atoms with Crippen LogP contribution < -0.4 is 10.5 Å². The SMILES string of the molecule is NC(=O)c1nn(CC(=O)N2[C@H](C(=O)Cc3cccc(OC(F)(F)F)c3F)C[C@@]3(CO)C[C@@H]23)c2ccccc12. The number of primary amides is 1. The molecule has 1 aliphatic carbocycles. The quantitative estimate of drug-likeness (QED) is 0.427. The molecule has 3 N–H and O–H groups in total. The summed E-state index contributed by atoms with van der Waals surface area (Å²) in [6.07, 6.45) is -5.10. The minimum atomic E-state index is -5.11. The number of nitrogens with two attached hydrogens (primary N) is 1. The number of fused-ring (bicyclic) bond motifs is 2. The van der Waals surface area contributed by atoms with E-state index in [9.17, 15) is 37.1 Å². The van der Waals surface area contributed by atoms with Crippen molar-refractivity contribution in [2.75, 3.05) is 6.61 Å². The first-order valence-electron chi connectivity index (χ1n) is 11.7. The first kappa shape index (κ1) is 25.6. The number of para-hydroxylation sites is 1. The van der Waals surface area contributed by atoms with E-state index in [0.29, 0.717) is 17.3 Å². The molecule has 0 bridgehead atoms. The summed E-state index contributed by atoms with van der Waals surface area (Å²) in [6.45, 7) is -0.607. The molecule has 1 saturated heterocycles. The number of likely N-dealkylation sites (tertiary alicyclic amines) is 1. The van der Waals surface area contributed by atoms with Gasteiger partial charge in [-0.05, 0) is 30.5 Å². The summed E-state index contributed by atoms with van der Waals surface area (Å²) in [5.41, 5.74) is 4.88. The number of nitrogens with zero attached hydrogens (tertiary/aromatic N) is 3. The predicted molar refractivity (Wildman–Crippen MR) is 123 cm³/mol. The number of hydrogen-bond donors (Lipinski definition) is 2. The van der Waals surface area contributed by atoms with E-state index in [2.05, 4.69) is 9.84 Å². The summed E-state index contributed by atoms with van der Waals surface area (Å²) in [5, 5.41) is 14.6. The highest BCUT2D eigenvalue weighted by molar-refractivity contribution is 6.04. The molecule has 5 rings (SSSR count). The third kappa shape index (κ3) is 4.46. The van der Waals surface area contributed by atoms with Gasteiger partial charge in [-0.25, -0.2) is 4.39 Å². The fourth-order valence-electron chi connectivity index (χ4n) is 5.33. The van der Waals surface area contributed by atoms with Gasteiger partial charge in [-0.1, -0.05) is 30.3 Å². The monoisotopic (exact) mass is 534 g/mol. The van der Waals surface area contributed by atoms with Crippen LogP contribution in [0.15, 0.2) is 42.5 Å². The van der Waals surface area contributed by atoms with Crippen LogP contribution >= 0.6 is 0 Å². The first-order valence-corrected chi connectivity index (χ1v) is 11.7. The van der Waals surface area contributed by atoms with Gasteiger partial charge < -0.3 is 20.5 Å². The topological polar surface area (TPSA) is 128 Å². The van der Waals surface area contributed by atoms with Crippen molar-refractivity contribution >= 4 is 28.5 Å². The van der Waals surface area contributed by atoms with Crippen molar-refractivity contribution in [3.8, 4) is 5.75 Å². The zero-order chi connectivity index (χ0) is 27.4. The zero-order valence-corrected chi connectivity index (χ0v) is 19.7. The number of amides is 2. The van der Waals surface area contributed by atoms with Gasteiger partial charge in [-0.15, -0.1) is 13.2 Å². The largest absolute Gasteiger partial charge is 0.573 e. The molecule has 0 radical (unpaired) electrons. The number of ether oxygens (including phenoxy) is 1. The van der Waals surface area contributed by atoms with E-state index < -0.39 is 59.4 Å². The molecule has 38 heavy (non-hydrogen) atoms. The van der Waals surface area contributed by atoms with Crippen LogP contribution in [0.4, 0.5) is 17.6 Å². The van der Waals surface area contributed by atoms with Gasteiger partial charge in [0.25, 0.3) is 5.91 Å². The van der Waals surface area contributed by atoms with Crippen molar-refractivity contribution in [3.63, 3.8) is 0 Å². The summed E-state index contributed by atoms with van der Waals surface area (Å²) >= 11 is 0. The van der Waals surface area contributed by atoms with E-state index in [1.54, 1.807) is 24.3 Å². The van der Waals surface area contributed by atoms with Gasteiger partial charge in [0.05, 0.1) is 18.2 Å². The number of piperidine rings is 1. The van der Waals surface area contributed by atoms with Crippen LogP contribution in [0, 0.1) is 11.2 Å². The standard InChI is InChI=1S/C25H22F4N4O5/c26-21-13(4-3-7-18(21)38-25(27,28)29)8-17(35)16-9-24(12-34)10-19(24)33(16)20(36)11-32-15-6-2-1-5-14(15)22(31-32)23(30)37/h1-7,16,19,34H,8-12H2,(H2,30,37)/t16-,19+,24-/m0/s1. The number of Topliss-reactive ketones (excluding diaryl/α,β-unsaturated/α-hetero) is 1. The third-order valence-corrected chi connectivity index (χ3v) is 7.20. The number of hydrogen-bond acceptors (Lipinski definition) is 6. The van der Waals surface area contributed by atoms with E-state index in [-0.39, 0.29) is 30.8 Å². The molecule has 9 nitrogen and oxygen atoms in total. The number of alkyl halides is 3.